The Morgan fingerprint density at radius 3 is 2.47 bits per heavy atom. The maximum atomic E-state index is 12.7. The average Bonchev–Trinajstić information content (AvgIpc) is 2.76. The quantitative estimate of drug-likeness (QED) is 0.160. The molecule has 1 amide bonds. The van der Waals surface area contributed by atoms with Crippen LogP contribution in [0.15, 0.2) is 64.6 Å². The second-order valence-corrected chi connectivity index (χ2v) is 10.4. The van der Waals surface area contributed by atoms with Crippen molar-refractivity contribution in [3.8, 4) is 11.8 Å². The molecule has 0 radical (unpaired) electrons. The minimum atomic E-state index is -0.488. The first-order chi connectivity index (χ1) is 15.3. The maximum absolute atomic E-state index is 12.7. The highest BCUT2D eigenvalue weighted by atomic mass is 127. The molecule has 8 heteroatoms. The van der Waals surface area contributed by atoms with Crippen LogP contribution < -0.4 is 10.1 Å². The van der Waals surface area contributed by atoms with Crippen molar-refractivity contribution in [2.24, 2.45) is 0 Å². The van der Waals surface area contributed by atoms with Crippen LogP contribution in [0.1, 0.15) is 16.7 Å². The zero-order chi connectivity index (χ0) is 23.3. The topological polar surface area (TPSA) is 62.1 Å². The van der Waals surface area contributed by atoms with Crippen molar-refractivity contribution in [1.29, 1.82) is 5.26 Å². The standard InChI is InChI=1S/C24H16BrClI2N2O2/c1-14-19(26)3-2-4-22(14)30-24(31)17(12-29)9-16-10-20(27)23(21(28)11-16)32-13-15-5-7-18(25)8-6-15/h2-11H,13H2,1H3,(H,30,31)/b17-9-. The molecule has 0 atom stereocenters. The third kappa shape index (κ3) is 6.47. The van der Waals surface area contributed by atoms with E-state index in [-0.39, 0.29) is 5.57 Å². The van der Waals surface area contributed by atoms with E-state index in [0.29, 0.717) is 17.3 Å². The largest absolute Gasteiger partial charge is 0.487 e. The summed E-state index contributed by atoms with van der Waals surface area (Å²) in [6.07, 6.45) is 1.57. The third-order valence-electron chi connectivity index (χ3n) is 4.51. The SMILES string of the molecule is Cc1c(Cl)cccc1NC(=O)/C(C#N)=C\c1cc(I)c(OCc2ccc(Br)cc2)c(I)c1. The Morgan fingerprint density at radius 1 is 1.19 bits per heavy atom. The van der Waals surface area contributed by atoms with E-state index in [0.717, 1.165) is 34.1 Å². The van der Waals surface area contributed by atoms with Crippen molar-refractivity contribution >= 4 is 90.4 Å². The molecule has 0 bridgehead atoms. The Balaban J connectivity index is 1.78. The molecule has 0 aliphatic rings. The summed E-state index contributed by atoms with van der Waals surface area (Å²) in [5.41, 5.74) is 3.12. The van der Waals surface area contributed by atoms with Crippen LogP contribution in [0.3, 0.4) is 0 Å². The molecule has 3 aromatic rings. The van der Waals surface area contributed by atoms with E-state index in [1.165, 1.54) is 0 Å². The van der Waals surface area contributed by atoms with Crippen molar-refractivity contribution in [3.63, 3.8) is 0 Å². The fourth-order valence-electron chi connectivity index (χ4n) is 2.78. The maximum Gasteiger partial charge on any atom is 0.266 e. The molecule has 0 spiro atoms. The number of nitrogens with zero attached hydrogens (tertiary/aromatic N) is 1. The zero-order valence-electron chi connectivity index (χ0n) is 16.8. The molecule has 32 heavy (non-hydrogen) atoms. The van der Waals surface area contributed by atoms with Crippen LogP contribution in [0.4, 0.5) is 5.69 Å². The van der Waals surface area contributed by atoms with Gasteiger partial charge in [0.15, 0.2) is 0 Å². The van der Waals surface area contributed by atoms with Crippen molar-refractivity contribution in [2.45, 2.75) is 13.5 Å². The fraction of sp³-hybridized carbons (Fsp3) is 0.0833. The van der Waals surface area contributed by atoms with Crippen LogP contribution in [0.25, 0.3) is 6.08 Å². The third-order valence-corrected chi connectivity index (χ3v) is 7.05. The van der Waals surface area contributed by atoms with Gasteiger partial charge in [-0.1, -0.05) is 45.7 Å². The minimum Gasteiger partial charge on any atom is -0.487 e. The minimum absolute atomic E-state index is 0.000457. The number of rotatable bonds is 6. The first-order valence-electron chi connectivity index (χ1n) is 9.33. The number of carbonyl (C=O) groups excluding carboxylic acids is 1. The summed E-state index contributed by atoms with van der Waals surface area (Å²) in [6.45, 7) is 2.25. The molecule has 3 rings (SSSR count). The van der Waals surface area contributed by atoms with Gasteiger partial charge in [-0.2, -0.15) is 5.26 Å². The van der Waals surface area contributed by atoms with Crippen molar-refractivity contribution in [1.82, 2.24) is 0 Å². The van der Waals surface area contributed by atoms with Gasteiger partial charge >= 0.3 is 0 Å². The Bertz CT molecular complexity index is 1210. The molecule has 0 saturated heterocycles. The molecule has 162 valence electrons. The number of nitrogens with one attached hydrogen (secondary N) is 1. The van der Waals surface area contributed by atoms with Gasteiger partial charge in [0.1, 0.15) is 24.0 Å². The lowest BCUT2D eigenvalue weighted by atomic mass is 10.1. The van der Waals surface area contributed by atoms with Gasteiger partial charge in [0.25, 0.3) is 5.91 Å². The predicted octanol–water partition coefficient (Wildman–Crippen LogP) is 7.74. The normalized spacial score (nSPS) is 11.1. The van der Waals surface area contributed by atoms with Crippen LogP contribution in [0.5, 0.6) is 5.75 Å². The van der Waals surface area contributed by atoms with Gasteiger partial charge < -0.3 is 10.1 Å². The highest BCUT2D eigenvalue weighted by Crippen LogP contribution is 2.31. The van der Waals surface area contributed by atoms with E-state index in [1.54, 1.807) is 24.3 Å². The summed E-state index contributed by atoms with van der Waals surface area (Å²) in [5, 5.41) is 12.9. The van der Waals surface area contributed by atoms with E-state index >= 15 is 0 Å². The number of halogens is 4. The molecule has 0 aliphatic heterocycles. The van der Waals surface area contributed by atoms with Crippen molar-refractivity contribution < 1.29 is 9.53 Å². The summed E-state index contributed by atoms with van der Waals surface area (Å²) in [5.74, 6) is 0.280. The Kier molecular flexibility index (Phi) is 8.99. The summed E-state index contributed by atoms with van der Waals surface area (Å²) in [6, 6.07) is 18.9. The van der Waals surface area contributed by atoms with Crippen LogP contribution in [0.2, 0.25) is 5.02 Å². The lowest BCUT2D eigenvalue weighted by molar-refractivity contribution is -0.112. The first-order valence-corrected chi connectivity index (χ1v) is 12.7. The second-order valence-electron chi connectivity index (χ2n) is 6.77. The van der Waals surface area contributed by atoms with Gasteiger partial charge in [-0.15, -0.1) is 0 Å². The number of ether oxygens (including phenoxy) is 1. The molecule has 0 saturated carbocycles. The van der Waals surface area contributed by atoms with Crippen LogP contribution in [-0.2, 0) is 11.4 Å². The molecule has 0 heterocycles. The molecule has 3 aromatic carbocycles. The predicted molar refractivity (Wildman–Crippen MR) is 149 cm³/mol. The van der Waals surface area contributed by atoms with E-state index in [4.69, 9.17) is 16.3 Å². The van der Waals surface area contributed by atoms with Crippen molar-refractivity contribution in [2.75, 3.05) is 5.32 Å². The molecular weight excluding hydrogens is 717 g/mol. The smallest absolute Gasteiger partial charge is 0.266 e. The first kappa shape index (κ1) is 25.0. The van der Waals surface area contributed by atoms with Gasteiger partial charge in [-0.3, -0.25) is 4.79 Å². The Labute approximate surface area is 227 Å². The number of benzene rings is 3. The van der Waals surface area contributed by atoms with Crippen LogP contribution in [0, 0.1) is 25.4 Å². The molecule has 1 N–H and O–H groups in total. The lowest BCUT2D eigenvalue weighted by Crippen LogP contribution is -2.14. The molecular formula is C24H16BrClI2N2O2. The van der Waals surface area contributed by atoms with Crippen LogP contribution in [-0.4, -0.2) is 5.91 Å². The monoisotopic (exact) mass is 732 g/mol. The van der Waals surface area contributed by atoms with Gasteiger partial charge in [-0.25, -0.2) is 0 Å². The zero-order valence-corrected chi connectivity index (χ0v) is 23.4. The van der Waals surface area contributed by atoms with Gasteiger partial charge in [-0.05, 0) is 111 Å². The number of nitriles is 1. The number of hydrogen-bond donors (Lipinski definition) is 1. The van der Waals surface area contributed by atoms with Gasteiger partial charge in [0.2, 0.25) is 0 Å². The summed E-state index contributed by atoms with van der Waals surface area (Å²) < 4.78 is 8.82. The van der Waals surface area contributed by atoms with Gasteiger partial charge in [0, 0.05) is 15.2 Å². The summed E-state index contributed by atoms with van der Waals surface area (Å²) in [4.78, 5) is 12.7. The van der Waals surface area contributed by atoms with Crippen LogP contribution >= 0.6 is 72.7 Å². The van der Waals surface area contributed by atoms with E-state index < -0.39 is 5.91 Å². The molecule has 0 aliphatic carbocycles. The number of hydrogen-bond acceptors (Lipinski definition) is 3. The number of anilines is 1. The lowest BCUT2D eigenvalue weighted by Gasteiger charge is -2.12. The molecule has 0 aromatic heterocycles. The molecule has 4 nitrogen and oxygen atoms in total. The van der Waals surface area contributed by atoms with E-state index in [2.05, 4.69) is 66.4 Å². The van der Waals surface area contributed by atoms with Gasteiger partial charge in [0.05, 0.1) is 7.14 Å². The second kappa shape index (κ2) is 11.5. The number of amides is 1. The summed E-state index contributed by atoms with van der Waals surface area (Å²) >= 11 is 13.9. The molecule has 0 unspecified atom stereocenters. The van der Waals surface area contributed by atoms with E-state index in [9.17, 15) is 10.1 Å². The highest BCUT2D eigenvalue weighted by Gasteiger charge is 2.14. The average molecular weight is 734 g/mol. The van der Waals surface area contributed by atoms with Crippen molar-refractivity contribution in [3.05, 3.63) is 93.5 Å². The Morgan fingerprint density at radius 2 is 1.84 bits per heavy atom. The fourth-order valence-corrected chi connectivity index (χ4v) is 5.35. The van der Waals surface area contributed by atoms with E-state index in [1.807, 2.05) is 49.4 Å². The molecule has 0 fully saturated rings. The Hall–Kier alpha value is -1.61. The highest BCUT2D eigenvalue weighted by molar-refractivity contribution is 14.1. The summed E-state index contributed by atoms with van der Waals surface area (Å²) in [7, 11) is 0. The number of carbonyl (C=O) groups is 1.